The fraction of sp³-hybridized carbons (Fsp3) is 0.526. The van der Waals surface area contributed by atoms with Gasteiger partial charge in [-0.25, -0.2) is 4.68 Å². The van der Waals surface area contributed by atoms with Crippen LogP contribution in [0.4, 0.5) is 0 Å². The monoisotopic (exact) mass is 376 g/mol. The summed E-state index contributed by atoms with van der Waals surface area (Å²) >= 11 is 6.12. The van der Waals surface area contributed by atoms with Crippen LogP contribution in [0.25, 0.3) is 0 Å². The molecule has 0 unspecified atom stereocenters. The number of nitrogens with one attached hydrogen (secondary N) is 2. The average Bonchev–Trinajstić information content (AvgIpc) is 3.08. The summed E-state index contributed by atoms with van der Waals surface area (Å²) in [6.07, 6.45) is 2.01. The first kappa shape index (κ1) is 19.0. The molecule has 1 fully saturated rings. The Labute approximate surface area is 160 Å². The van der Waals surface area contributed by atoms with Crippen LogP contribution in [-0.4, -0.2) is 52.9 Å². The van der Waals surface area contributed by atoms with Gasteiger partial charge in [0.2, 0.25) is 5.82 Å². The van der Waals surface area contributed by atoms with Crippen molar-refractivity contribution in [3.05, 3.63) is 53.3 Å². The molecular formula is C19H29ClN6+2. The molecule has 0 amide bonds. The van der Waals surface area contributed by atoms with Crippen LogP contribution >= 0.6 is 11.6 Å². The van der Waals surface area contributed by atoms with E-state index in [1.165, 1.54) is 10.5 Å². The van der Waals surface area contributed by atoms with Crippen LogP contribution < -0.4 is 9.80 Å². The molecule has 7 heteroatoms. The second kappa shape index (κ2) is 7.86. The zero-order valence-corrected chi connectivity index (χ0v) is 16.6. The van der Waals surface area contributed by atoms with E-state index in [1.807, 2.05) is 22.9 Å². The molecule has 2 aromatic rings. The van der Waals surface area contributed by atoms with Crippen LogP contribution in [0.3, 0.4) is 0 Å². The Balaban J connectivity index is 1.95. The minimum atomic E-state index is -0.168. The fourth-order valence-corrected chi connectivity index (χ4v) is 3.82. The lowest BCUT2D eigenvalue weighted by molar-refractivity contribution is -1.02. The van der Waals surface area contributed by atoms with Gasteiger partial charge in [-0.3, -0.25) is 0 Å². The predicted octanol–water partition coefficient (Wildman–Crippen LogP) is 0.140. The van der Waals surface area contributed by atoms with Gasteiger partial charge >= 0.3 is 0 Å². The number of halogens is 1. The maximum Gasteiger partial charge on any atom is 0.214 e. The Morgan fingerprint density at radius 3 is 2.42 bits per heavy atom. The first-order valence-electron chi connectivity index (χ1n) is 9.23. The fourth-order valence-electron chi connectivity index (χ4n) is 3.70. The van der Waals surface area contributed by atoms with Gasteiger partial charge in [0.05, 0.1) is 12.1 Å². The highest BCUT2D eigenvalue weighted by molar-refractivity contribution is 6.30. The molecule has 0 spiro atoms. The van der Waals surface area contributed by atoms with Crippen molar-refractivity contribution in [3.8, 4) is 0 Å². The number of aromatic nitrogens is 4. The SMILES string of the molecule is C=CC[NH+]1CC[NH+]([C@H](c2ccc(Cl)cc2)c2nnnn2C(C)(C)C)CC1. The highest BCUT2D eigenvalue weighted by Crippen LogP contribution is 2.23. The van der Waals surface area contributed by atoms with Crippen LogP contribution in [-0.2, 0) is 5.54 Å². The molecule has 1 aromatic carbocycles. The topological polar surface area (TPSA) is 52.5 Å². The van der Waals surface area contributed by atoms with Gasteiger partial charge in [-0.2, -0.15) is 0 Å². The van der Waals surface area contributed by atoms with E-state index in [0.717, 1.165) is 43.6 Å². The van der Waals surface area contributed by atoms with Crippen molar-refractivity contribution < 1.29 is 9.80 Å². The first-order valence-corrected chi connectivity index (χ1v) is 9.61. The molecule has 1 atom stereocenters. The van der Waals surface area contributed by atoms with E-state index < -0.39 is 0 Å². The molecule has 6 nitrogen and oxygen atoms in total. The van der Waals surface area contributed by atoms with E-state index in [4.69, 9.17) is 11.6 Å². The third kappa shape index (κ3) is 4.14. The van der Waals surface area contributed by atoms with Crippen LogP contribution in [0.15, 0.2) is 36.9 Å². The molecule has 3 rings (SSSR count). The molecule has 1 aromatic heterocycles. The van der Waals surface area contributed by atoms with Crippen molar-refractivity contribution in [2.75, 3.05) is 32.7 Å². The summed E-state index contributed by atoms with van der Waals surface area (Å²) in [6.45, 7) is 15.7. The van der Waals surface area contributed by atoms with E-state index >= 15 is 0 Å². The van der Waals surface area contributed by atoms with Crippen molar-refractivity contribution in [2.45, 2.75) is 32.4 Å². The highest BCUT2D eigenvalue weighted by atomic mass is 35.5. The molecule has 140 valence electrons. The summed E-state index contributed by atoms with van der Waals surface area (Å²) < 4.78 is 1.96. The summed E-state index contributed by atoms with van der Waals surface area (Å²) in [5.74, 6) is 0.919. The molecule has 0 saturated carbocycles. The van der Waals surface area contributed by atoms with Gasteiger partial charge in [-0.15, -0.1) is 5.10 Å². The number of rotatable bonds is 5. The third-order valence-corrected chi connectivity index (χ3v) is 5.28. The van der Waals surface area contributed by atoms with Crippen LogP contribution in [0, 0.1) is 0 Å². The number of hydrogen-bond donors (Lipinski definition) is 2. The normalized spacial score (nSPS) is 22.2. The molecule has 0 radical (unpaired) electrons. The minimum Gasteiger partial charge on any atom is -0.322 e. The Morgan fingerprint density at radius 2 is 1.85 bits per heavy atom. The van der Waals surface area contributed by atoms with Crippen molar-refractivity contribution in [1.29, 1.82) is 0 Å². The van der Waals surface area contributed by atoms with Gasteiger partial charge in [-0.05, 0) is 49.4 Å². The lowest BCUT2D eigenvalue weighted by Crippen LogP contribution is -3.28. The molecule has 26 heavy (non-hydrogen) atoms. The number of benzene rings is 1. The average molecular weight is 377 g/mol. The Morgan fingerprint density at radius 1 is 1.19 bits per heavy atom. The smallest absolute Gasteiger partial charge is 0.214 e. The summed E-state index contributed by atoms with van der Waals surface area (Å²) in [4.78, 5) is 3.09. The number of hydrogen-bond acceptors (Lipinski definition) is 3. The summed E-state index contributed by atoms with van der Waals surface area (Å²) in [5, 5.41) is 13.5. The zero-order valence-electron chi connectivity index (χ0n) is 15.9. The molecule has 2 heterocycles. The minimum absolute atomic E-state index is 0.103. The van der Waals surface area contributed by atoms with E-state index in [1.54, 1.807) is 4.90 Å². The van der Waals surface area contributed by atoms with Gasteiger partial charge in [0.25, 0.3) is 0 Å². The number of quaternary nitrogens is 2. The molecule has 1 saturated heterocycles. The Kier molecular flexibility index (Phi) is 5.75. The zero-order chi connectivity index (χ0) is 18.7. The van der Waals surface area contributed by atoms with Gasteiger partial charge in [0.1, 0.15) is 26.2 Å². The summed E-state index contributed by atoms with van der Waals surface area (Å²) in [7, 11) is 0. The molecule has 1 aliphatic heterocycles. The first-order chi connectivity index (χ1) is 12.4. The van der Waals surface area contributed by atoms with Gasteiger partial charge < -0.3 is 9.80 Å². The van der Waals surface area contributed by atoms with Gasteiger partial charge in [-0.1, -0.05) is 30.3 Å². The summed E-state index contributed by atoms with van der Waals surface area (Å²) in [5.41, 5.74) is 1.04. The predicted molar refractivity (Wildman–Crippen MR) is 103 cm³/mol. The number of tetrazole rings is 1. The van der Waals surface area contributed by atoms with Crippen molar-refractivity contribution in [2.24, 2.45) is 0 Å². The third-order valence-electron chi connectivity index (χ3n) is 5.03. The van der Waals surface area contributed by atoms with E-state index in [9.17, 15) is 0 Å². The number of nitrogens with zero attached hydrogens (tertiary/aromatic N) is 4. The van der Waals surface area contributed by atoms with Crippen molar-refractivity contribution in [3.63, 3.8) is 0 Å². The quantitative estimate of drug-likeness (QED) is 0.730. The maximum atomic E-state index is 6.12. The van der Waals surface area contributed by atoms with Crippen molar-refractivity contribution in [1.82, 2.24) is 20.2 Å². The van der Waals surface area contributed by atoms with E-state index in [-0.39, 0.29) is 11.6 Å². The lowest BCUT2D eigenvalue weighted by atomic mass is 10.0. The van der Waals surface area contributed by atoms with Crippen molar-refractivity contribution >= 4 is 11.6 Å². The lowest BCUT2D eigenvalue weighted by Gasteiger charge is -2.34. The molecule has 2 N–H and O–H groups in total. The second-order valence-electron chi connectivity index (χ2n) is 8.01. The van der Waals surface area contributed by atoms with Crippen LogP contribution in [0.5, 0.6) is 0 Å². The largest absolute Gasteiger partial charge is 0.322 e. The van der Waals surface area contributed by atoms with Gasteiger partial charge in [0, 0.05) is 10.6 Å². The van der Waals surface area contributed by atoms with Crippen LogP contribution in [0.1, 0.15) is 38.2 Å². The molecule has 0 bridgehead atoms. The Hall–Kier alpha value is -1.76. The highest BCUT2D eigenvalue weighted by Gasteiger charge is 2.37. The van der Waals surface area contributed by atoms with E-state index in [2.05, 4.69) is 55.0 Å². The standard InChI is InChI=1S/C19H27ClN6/c1-5-10-24-11-13-25(14-12-24)17(15-6-8-16(20)9-7-15)18-21-22-23-26(18)19(2,3)4/h5-9,17H,1,10-14H2,2-4H3/p+2/t17-/m1/s1. The number of piperazine rings is 1. The second-order valence-corrected chi connectivity index (χ2v) is 8.44. The maximum absolute atomic E-state index is 6.12. The van der Waals surface area contributed by atoms with E-state index in [0.29, 0.717) is 0 Å². The van der Waals surface area contributed by atoms with Gasteiger partial charge in [0.15, 0.2) is 6.04 Å². The Bertz CT molecular complexity index is 725. The molecule has 0 aliphatic carbocycles. The summed E-state index contributed by atoms with van der Waals surface area (Å²) in [6, 6.07) is 8.21. The van der Waals surface area contributed by atoms with Crippen LogP contribution in [0.2, 0.25) is 5.02 Å². The molecular weight excluding hydrogens is 348 g/mol. The molecule has 1 aliphatic rings.